The first kappa shape index (κ1) is 17.5. The van der Waals surface area contributed by atoms with E-state index in [-0.39, 0.29) is 18.6 Å². The number of carbonyl (C=O) groups excluding carboxylic acids is 1. The molecule has 140 valence electrons. The number of amides is 1. The second-order valence-electron chi connectivity index (χ2n) is 7.20. The van der Waals surface area contributed by atoms with Gasteiger partial charge < -0.3 is 15.2 Å². The van der Waals surface area contributed by atoms with Crippen molar-refractivity contribution in [2.24, 2.45) is 0 Å². The van der Waals surface area contributed by atoms with E-state index in [9.17, 15) is 14.7 Å². The minimum atomic E-state index is -0.866. The van der Waals surface area contributed by atoms with E-state index < -0.39 is 18.1 Å². The maximum Gasteiger partial charge on any atom is 0.407 e. The summed E-state index contributed by atoms with van der Waals surface area (Å²) in [4.78, 5) is 25.2. The Morgan fingerprint density at radius 2 is 1.70 bits per heavy atom. The minimum Gasteiger partial charge on any atom is -0.480 e. The molecule has 4 rings (SSSR count). The van der Waals surface area contributed by atoms with E-state index in [4.69, 9.17) is 4.74 Å². The molecular weight excluding hydrogens is 344 g/mol. The molecule has 1 aliphatic heterocycles. The predicted molar refractivity (Wildman–Crippen MR) is 101 cm³/mol. The third-order valence-corrected chi connectivity index (χ3v) is 5.50. The Hall–Kier alpha value is -2.86. The summed E-state index contributed by atoms with van der Waals surface area (Å²) in [7, 11) is 1.75. The summed E-state index contributed by atoms with van der Waals surface area (Å²) in [6.07, 6.45) is -0.114. The van der Waals surface area contributed by atoms with Gasteiger partial charge in [0, 0.05) is 18.5 Å². The van der Waals surface area contributed by atoms with Crippen LogP contribution in [-0.4, -0.2) is 54.4 Å². The molecule has 27 heavy (non-hydrogen) atoms. The van der Waals surface area contributed by atoms with Gasteiger partial charge in [0.2, 0.25) is 0 Å². The largest absolute Gasteiger partial charge is 0.480 e. The zero-order chi connectivity index (χ0) is 19.0. The van der Waals surface area contributed by atoms with Crippen LogP contribution in [-0.2, 0) is 9.53 Å². The van der Waals surface area contributed by atoms with Crippen molar-refractivity contribution in [3.8, 4) is 11.1 Å². The first-order valence-corrected chi connectivity index (χ1v) is 9.09. The molecule has 0 aromatic heterocycles. The first-order chi connectivity index (χ1) is 13.0. The number of likely N-dealkylation sites (tertiary alicyclic amines) is 1. The Bertz CT molecular complexity index is 836. The molecule has 2 aromatic rings. The number of nitrogens with one attached hydrogen (secondary N) is 1. The van der Waals surface area contributed by atoms with Gasteiger partial charge in [0.1, 0.15) is 12.6 Å². The van der Waals surface area contributed by atoms with Crippen molar-refractivity contribution in [1.82, 2.24) is 10.2 Å². The van der Waals surface area contributed by atoms with Gasteiger partial charge in [-0.1, -0.05) is 48.5 Å². The number of hydrogen-bond donors (Lipinski definition) is 2. The number of benzene rings is 2. The minimum absolute atomic E-state index is 0.0150. The normalized spacial score (nSPS) is 21.5. The monoisotopic (exact) mass is 366 g/mol. The van der Waals surface area contributed by atoms with E-state index in [1.165, 1.54) is 11.1 Å². The summed E-state index contributed by atoms with van der Waals surface area (Å²) in [5.41, 5.74) is 4.70. The second kappa shape index (κ2) is 7.04. The number of carbonyl (C=O) groups is 2. The maximum absolute atomic E-state index is 12.3. The average Bonchev–Trinajstić information content (AvgIpc) is 3.18. The predicted octanol–water partition coefficient (Wildman–Crippen LogP) is 2.68. The van der Waals surface area contributed by atoms with E-state index >= 15 is 0 Å². The lowest BCUT2D eigenvalue weighted by Crippen LogP contribution is -2.37. The van der Waals surface area contributed by atoms with Crippen LogP contribution in [0.15, 0.2) is 48.5 Å². The molecule has 1 heterocycles. The summed E-state index contributed by atoms with van der Waals surface area (Å²) >= 11 is 0. The Kier molecular flexibility index (Phi) is 4.58. The molecule has 6 nitrogen and oxygen atoms in total. The van der Waals surface area contributed by atoms with Crippen molar-refractivity contribution >= 4 is 12.1 Å². The van der Waals surface area contributed by atoms with Crippen LogP contribution in [0.4, 0.5) is 4.79 Å². The number of carboxylic acids is 1. The van der Waals surface area contributed by atoms with Crippen LogP contribution >= 0.6 is 0 Å². The fourth-order valence-electron chi connectivity index (χ4n) is 4.20. The molecule has 0 spiro atoms. The Morgan fingerprint density at radius 3 is 2.26 bits per heavy atom. The smallest absolute Gasteiger partial charge is 0.407 e. The van der Waals surface area contributed by atoms with Crippen LogP contribution in [0.5, 0.6) is 0 Å². The first-order valence-electron chi connectivity index (χ1n) is 9.09. The van der Waals surface area contributed by atoms with Gasteiger partial charge in [-0.15, -0.1) is 0 Å². The van der Waals surface area contributed by atoms with Crippen LogP contribution < -0.4 is 5.32 Å². The lowest BCUT2D eigenvalue weighted by atomic mass is 9.98. The van der Waals surface area contributed by atoms with E-state index in [1.54, 1.807) is 11.9 Å². The summed E-state index contributed by atoms with van der Waals surface area (Å²) in [6.45, 7) is 0.756. The summed E-state index contributed by atoms with van der Waals surface area (Å²) < 4.78 is 5.52. The summed E-state index contributed by atoms with van der Waals surface area (Å²) in [5.74, 6) is -0.851. The maximum atomic E-state index is 12.3. The second-order valence-corrected chi connectivity index (χ2v) is 7.20. The number of alkyl carbamates (subject to hydrolysis) is 1. The Balaban J connectivity index is 1.41. The molecule has 0 saturated carbocycles. The van der Waals surface area contributed by atoms with Gasteiger partial charge in [-0.25, -0.2) is 4.79 Å². The van der Waals surface area contributed by atoms with Crippen LogP contribution in [0.3, 0.4) is 0 Å². The summed E-state index contributed by atoms with van der Waals surface area (Å²) in [6, 6.07) is 15.6. The van der Waals surface area contributed by atoms with Gasteiger partial charge >= 0.3 is 12.1 Å². The van der Waals surface area contributed by atoms with Crippen LogP contribution in [0, 0.1) is 0 Å². The molecule has 6 heteroatoms. The Labute approximate surface area is 157 Å². The molecule has 0 radical (unpaired) electrons. The molecule has 2 aliphatic rings. The third-order valence-electron chi connectivity index (χ3n) is 5.50. The van der Waals surface area contributed by atoms with Crippen molar-refractivity contribution in [3.05, 3.63) is 59.7 Å². The highest BCUT2D eigenvalue weighted by molar-refractivity contribution is 5.79. The van der Waals surface area contributed by atoms with Crippen LogP contribution in [0.25, 0.3) is 11.1 Å². The molecule has 2 aromatic carbocycles. The number of hydrogen-bond acceptors (Lipinski definition) is 4. The van der Waals surface area contributed by atoms with Crippen molar-refractivity contribution in [1.29, 1.82) is 0 Å². The molecule has 1 amide bonds. The fraction of sp³-hybridized carbons (Fsp3) is 0.333. The standard InChI is InChI=1S/C21H22N2O4/c1-23-11-13(10-19(23)20(24)25)22-21(26)27-12-18-16-8-4-2-6-14(16)15-7-3-5-9-17(15)18/h2-9,13,18-19H,10-12H2,1H3,(H,22,26)(H,24,25)/t13-,19+/m1/s1. The highest BCUT2D eigenvalue weighted by Gasteiger charge is 2.35. The van der Waals surface area contributed by atoms with Crippen LogP contribution in [0.1, 0.15) is 23.5 Å². The average molecular weight is 366 g/mol. The van der Waals surface area contributed by atoms with Gasteiger partial charge in [0.15, 0.2) is 0 Å². The number of likely N-dealkylation sites (N-methyl/N-ethyl adjacent to an activating group) is 1. The van der Waals surface area contributed by atoms with E-state index in [2.05, 4.69) is 29.6 Å². The zero-order valence-corrected chi connectivity index (χ0v) is 15.1. The van der Waals surface area contributed by atoms with Gasteiger partial charge in [0.05, 0.1) is 0 Å². The Morgan fingerprint density at radius 1 is 1.11 bits per heavy atom. The number of nitrogens with zero attached hydrogens (tertiary/aromatic N) is 1. The molecule has 0 unspecified atom stereocenters. The van der Waals surface area contributed by atoms with E-state index in [0.717, 1.165) is 11.1 Å². The highest BCUT2D eigenvalue weighted by Crippen LogP contribution is 2.44. The van der Waals surface area contributed by atoms with E-state index in [0.29, 0.717) is 13.0 Å². The number of carboxylic acid groups (broad SMARTS) is 1. The SMILES string of the molecule is CN1C[C@H](NC(=O)OCC2c3ccccc3-c3ccccc32)C[C@H]1C(=O)O. The van der Waals surface area contributed by atoms with Gasteiger partial charge in [-0.05, 0) is 35.7 Å². The third kappa shape index (κ3) is 3.28. The van der Waals surface area contributed by atoms with Gasteiger partial charge in [-0.2, -0.15) is 0 Å². The topological polar surface area (TPSA) is 78.9 Å². The van der Waals surface area contributed by atoms with Crippen molar-refractivity contribution in [2.75, 3.05) is 20.2 Å². The molecule has 2 atom stereocenters. The fourth-order valence-corrected chi connectivity index (χ4v) is 4.20. The van der Waals surface area contributed by atoms with Crippen molar-refractivity contribution in [2.45, 2.75) is 24.4 Å². The quantitative estimate of drug-likeness (QED) is 0.870. The lowest BCUT2D eigenvalue weighted by molar-refractivity contribution is -0.141. The van der Waals surface area contributed by atoms with E-state index in [1.807, 2.05) is 24.3 Å². The van der Waals surface area contributed by atoms with Crippen LogP contribution in [0.2, 0.25) is 0 Å². The van der Waals surface area contributed by atoms with Gasteiger partial charge in [-0.3, -0.25) is 9.69 Å². The number of aliphatic carboxylic acids is 1. The molecule has 1 saturated heterocycles. The lowest BCUT2D eigenvalue weighted by Gasteiger charge is -2.16. The number of rotatable bonds is 4. The van der Waals surface area contributed by atoms with Gasteiger partial charge in [0.25, 0.3) is 0 Å². The highest BCUT2D eigenvalue weighted by atomic mass is 16.5. The molecular formula is C21H22N2O4. The molecule has 1 aliphatic carbocycles. The zero-order valence-electron chi connectivity index (χ0n) is 15.1. The molecule has 0 bridgehead atoms. The molecule has 1 fully saturated rings. The van der Waals surface area contributed by atoms with Crippen molar-refractivity contribution in [3.63, 3.8) is 0 Å². The molecule has 2 N–H and O–H groups in total. The van der Waals surface area contributed by atoms with Crippen molar-refractivity contribution < 1.29 is 19.4 Å². The summed E-state index contributed by atoms with van der Waals surface area (Å²) in [5, 5.41) is 12.0. The number of fused-ring (bicyclic) bond motifs is 3. The number of ether oxygens (including phenoxy) is 1.